The summed E-state index contributed by atoms with van der Waals surface area (Å²) >= 11 is 0. The minimum atomic E-state index is 0.0526. The molecule has 0 saturated heterocycles. The normalized spacial score (nSPS) is 11.4. The molecule has 0 aliphatic rings. The molecular formula is C25H27N3O2. The maximum Gasteiger partial charge on any atom is 0.227 e. The minimum absolute atomic E-state index is 0.0526. The number of nitrogens with zero attached hydrogens (tertiary/aromatic N) is 3. The molecule has 0 aliphatic carbocycles. The van der Waals surface area contributed by atoms with E-state index in [2.05, 4.69) is 38.0 Å². The Labute approximate surface area is 176 Å². The van der Waals surface area contributed by atoms with Gasteiger partial charge in [-0.1, -0.05) is 32.0 Å². The largest absolute Gasteiger partial charge is 0.464 e. The van der Waals surface area contributed by atoms with Crippen molar-refractivity contribution in [2.45, 2.75) is 39.7 Å². The Bertz CT molecular complexity index is 1170. The molecular weight excluding hydrogens is 374 g/mol. The van der Waals surface area contributed by atoms with Gasteiger partial charge in [0.25, 0.3) is 0 Å². The fraction of sp³-hybridized carbons (Fsp3) is 0.280. The number of hydrogen-bond donors (Lipinski definition) is 0. The standard InChI is InChI=1S/C25H27N3O2/c1-17(2)22-12-23-20(16-30-24(23)10-18(22)3)11-25(29)27(4)14-19-13-26-28(15-19)21-8-6-5-7-9-21/h5-10,12-13,15-17H,11,14H2,1-4H3. The second kappa shape index (κ2) is 8.19. The topological polar surface area (TPSA) is 51.3 Å². The van der Waals surface area contributed by atoms with Gasteiger partial charge in [-0.25, -0.2) is 4.68 Å². The number of carbonyl (C=O) groups is 1. The summed E-state index contributed by atoms with van der Waals surface area (Å²) in [4.78, 5) is 14.6. The number of amides is 1. The number of likely N-dealkylation sites (N-methyl/N-ethyl adjacent to an activating group) is 1. The molecule has 4 aromatic rings. The molecule has 0 spiro atoms. The van der Waals surface area contributed by atoms with E-state index in [4.69, 9.17) is 4.42 Å². The van der Waals surface area contributed by atoms with Crippen LogP contribution in [0.1, 0.15) is 42.0 Å². The Hall–Kier alpha value is -3.34. The molecule has 154 valence electrons. The number of fused-ring (bicyclic) bond motifs is 1. The summed E-state index contributed by atoms with van der Waals surface area (Å²) in [5.74, 6) is 0.480. The van der Waals surface area contributed by atoms with Crippen LogP contribution in [0.2, 0.25) is 0 Å². The summed E-state index contributed by atoms with van der Waals surface area (Å²) in [7, 11) is 1.83. The van der Waals surface area contributed by atoms with E-state index in [1.165, 1.54) is 11.1 Å². The second-order valence-electron chi connectivity index (χ2n) is 8.18. The fourth-order valence-electron chi connectivity index (χ4n) is 3.83. The lowest BCUT2D eigenvalue weighted by Crippen LogP contribution is -2.27. The van der Waals surface area contributed by atoms with Crippen molar-refractivity contribution in [3.63, 3.8) is 0 Å². The average molecular weight is 402 g/mol. The zero-order chi connectivity index (χ0) is 21.3. The molecule has 0 radical (unpaired) electrons. The van der Waals surface area contributed by atoms with Gasteiger partial charge >= 0.3 is 0 Å². The van der Waals surface area contributed by atoms with Crippen molar-refractivity contribution < 1.29 is 9.21 Å². The van der Waals surface area contributed by atoms with E-state index in [0.717, 1.165) is 27.8 Å². The summed E-state index contributed by atoms with van der Waals surface area (Å²) in [6.45, 7) is 6.98. The lowest BCUT2D eigenvalue weighted by molar-refractivity contribution is -0.129. The highest BCUT2D eigenvalue weighted by Crippen LogP contribution is 2.29. The zero-order valence-corrected chi connectivity index (χ0v) is 17.9. The molecule has 0 aliphatic heterocycles. The number of benzene rings is 2. The quantitative estimate of drug-likeness (QED) is 0.443. The lowest BCUT2D eigenvalue weighted by Gasteiger charge is -2.16. The highest BCUT2D eigenvalue weighted by atomic mass is 16.3. The zero-order valence-electron chi connectivity index (χ0n) is 17.9. The van der Waals surface area contributed by atoms with Crippen LogP contribution in [0.3, 0.4) is 0 Å². The maximum absolute atomic E-state index is 12.9. The van der Waals surface area contributed by atoms with Gasteiger partial charge in [0.05, 0.1) is 24.6 Å². The van der Waals surface area contributed by atoms with Crippen LogP contribution in [0.4, 0.5) is 0 Å². The summed E-state index contributed by atoms with van der Waals surface area (Å²) in [6.07, 6.45) is 5.80. The molecule has 0 saturated carbocycles. The number of rotatable bonds is 6. The van der Waals surface area contributed by atoms with Crippen LogP contribution in [0.15, 0.2) is 65.5 Å². The van der Waals surface area contributed by atoms with Gasteiger partial charge in [0.1, 0.15) is 5.58 Å². The molecule has 4 rings (SSSR count). The van der Waals surface area contributed by atoms with Crippen molar-refractivity contribution >= 4 is 16.9 Å². The van der Waals surface area contributed by atoms with Gasteiger partial charge in [0, 0.05) is 36.3 Å². The van der Waals surface area contributed by atoms with Crippen LogP contribution in [0.25, 0.3) is 16.7 Å². The monoisotopic (exact) mass is 401 g/mol. The summed E-state index contributed by atoms with van der Waals surface area (Å²) in [5.41, 5.74) is 6.27. The first-order valence-corrected chi connectivity index (χ1v) is 10.3. The highest BCUT2D eigenvalue weighted by molar-refractivity contribution is 5.88. The molecule has 30 heavy (non-hydrogen) atoms. The Balaban J connectivity index is 1.48. The number of aryl methyl sites for hydroxylation is 1. The summed E-state index contributed by atoms with van der Waals surface area (Å²) in [5, 5.41) is 5.44. The Kier molecular flexibility index (Phi) is 5.44. The number of hydrogen-bond acceptors (Lipinski definition) is 3. The minimum Gasteiger partial charge on any atom is -0.464 e. The van der Waals surface area contributed by atoms with Crippen LogP contribution in [0, 0.1) is 6.92 Å². The Morgan fingerprint density at radius 3 is 2.70 bits per heavy atom. The van der Waals surface area contributed by atoms with Crippen LogP contribution in [-0.2, 0) is 17.8 Å². The highest BCUT2D eigenvalue weighted by Gasteiger charge is 2.17. The van der Waals surface area contributed by atoms with Gasteiger partial charge < -0.3 is 9.32 Å². The predicted octanol–water partition coefficient (Wildman–Crippen LogP) is 5.25. The van der Waals surface area contributed by atoms with Gasteiger partial charge in [0.15, 0.2) is 0 Å². The van der Waals surface area contributed by atoms with E-state index in [1.807, 2.05) is 54.5 Å². The Morgan fingerprint density at radius 1 is 1.20 bits per heavy atom. The molecule has 2 aromatic carbocycles. The SMILES string of the molecule is Cc1cc2occ(CC(=O)N(C)Cc3cnn(-c4ccccc4)c3)c2cc1C(C)C. The van der Waals surface area contributed by atoms with Gasteiger partial charge in [-0.05, 0) is 48.2 Å². The van der Waals surface area contributed by atoms with E-state index < -0.39 is 0 Å². The number of para-hydroxylation sites is 1. The molecule has 0 atom stereocenters. The van der Waals surface area contributed by atoms with Crippen molar-refractivity contribution in [3.05, 3.63) is 83.4 Å². The molecule has 2 heterocycles. The van der Waals surface area contributed by atoms with Crippen LogP contribution < -0.4 is 0 Å². The number of aromatic nitrogens is 2. The van der Waals surface area contributed by atoms with Gasteiger partial charge in [0.2, 0.25) is 5.91 Å². The molecule has 0 bridgehead atoms. The van der Waals surface area contributed by atoms with Crippen molar-refractivity contribution in [1.29, 1.82) is 0 Å². The number of furan rings is 1. The molecule has 2 aromatic heterocycles. The van der Waals surface area contributed by atoms with Crippen molar-refractivity contribution in [3.8, 4) is 5.69 Å². The molecule has 0 fully saturated rings. The van der Waals surface area contributed by atoms with E-state index in [1.54, 1.807) is 11.2 Å². The molecule has 1 amide bonds. The van der Waals surface area contributed by atoms with E-state index in [0.29, 0.717) is 18.9 Å². The number of carbonyl (C=O) groups excluding carboxylic acids is 1. The first-order chi connectivity index (χ1) is 14.4. The maximum atomic E-state index is 12.9. The van der Waals surface area contributed by atoms with E-state index in [9.17, 15) is 4.79 Å². The van der Waals surface area contributed by atoms with Crippen LogP contribution in [0.5, 0.6) is 0 Å². The third kappa shape index (κ3) is 4.01. The summed E-state index contributed by atoms with van der Waals surface area (Å²) < 4.78 is 7.56. The predicted molar refractivity (Wildman–Crippen MR) is 119 cm³/mol. The van der Waals surface area contributed by atoms with Crippen LogP contribution >= 0.6 is 0 Å². The summed E-state index contributed by atoms with van der Waals surface area (Å²) in [6, 6.07) is 14.2. The van der Waals surface area contributed by atoms with Crippen molar-refractivity contribution in [1.82, 2.24) is 14.7 Å². The third-order valence-corrected chi connectivity index (χ3v) is 5.51. The molecule has 0 unspecified atom stereocenters. The molecule has 5 heteroatoms. The Morgan fingerprint density at radius 2 is 1.97 bits per heavy atom. The average Bonchev–Trinajstić information content (AvgIpc) is 3.35. The lowest BCUT2D eigenvalue weighted by atomic mass is 9.95. The molecule has 0 N–H and O–H groups in total. The van der Waals surface area contributed by atoms with Crippen LogP contribution in [-0.4, -0.2) is 27.6 Å². The fourth-order valence-corrected chi connectivity index (χ4v) is 3.83. The second-order valence-corrected chi connectivity index (χ2v) is 8.18. The van der Waals surface area contributed by atoms with Gasteiger partial charge in [-0.2, -0.15) is 5.10 Å². The van der Waals surface area contributed by atoms with E-state index in [-0.39, 0.29) is 5.91 Å². The first-order valence-electron chi connectivity index (χ1n) is 10.3. The third-order valence-electron chi connectivity index (χ3n) is 5.51. The van der Waals surface area contributed by atoms with Gasteiger partial charge in [-0.3, -0.25) is 4.79 Å². The smallest absolute Gasteiger partial charge is 0.227 e. The van der Waals surface area contributed by atoms with Gasteiger partial charge in [-0.15, -0.1) is 0 Å². The molecule has 5 nitrogen and oxygen atoms in total. The first kappa shape index (κ1) is 20.0. The van der Waals surface area contributed by atoms with Crippen molar-refractivity contribution in [2.75, 3.05) is 7.05 Å². The van der Waals surface area contributed by atoms with E-state index >= 15 is 0 Å². The van der Waals surface area contributed by atoms with Crippen molar-refractivity contribution in [2.24, 2.45) is 0 Å².